The highest BCUT2D eigenvalue weighted by molar-refractivity contribution is 6.17. The SMILES string of the molecule is ClCc1cnccc1N1CCc2ccccc2CC1. The Morgan fingerprint density at radius 3 is 2.37 bits per heavy atom. The molecule has 1 aromatic carbocycles. The zero-order chi connectivity index (χ0) is 13.1. The maximum Gasteiger partial charge on any atom is 0.0509 e. The number of halogens is 1. The number of benzene rings is 1. The van der Waals surface area contributed by atoms with Crippen molar-refractivity contribution in [2.75, 3.05) is 18.0 Å². The summed E-state index contributed by atoms with van der Waals surface area (Å²) in [4.78, 5) is 6.59. The molecule has 0 aliphatic carbocycles. The summed E-state index contributed by atoms with van der Waals surface area (Å²) in [6.45, 7) is 2.09. The van der Waals surface area contributed by atoms with Gasteiger partial charge in [-0.2, -0.15) is 0 Å². The summed E-state index contributed by atoms with van der Waals surface area (Å²) in [7, 11) is 0. The van der Waals surface area contributed by atoms with Gasteiger partial charge in [0.25, 0.3) is 0 Å². The molecule has 98 valence electrons. The molecule has 2 heterocycles. The highest BCUT2D eigenvalue weighted by Crippen LogP contribution is 2.24. The molecule has 0 saturated carbocycles. The highest BCUT2D eigenvalue weighted by atomic mass is 35.5. The molecular formula is C16H17ClN2. The lowest BCUT2D eigenvalue weighted by molar-refractivity contribution is 0.800. The zero-order valence-corrected chi connectivity index (χ0v) is 11.6. The van der Waals surface area contributed by atoms with E-state index in [1.807, 2.05) is 12.4 Å². The Morgan fingerprint density at radius 1 is 1.05 bits per heavy atom. The van der Waals surface area contributed by atoms with E-state index in [4.69, 9.17) is 11.6 Å². The van der Waals surface area contributed by atoms with Crippen LogP contribution in [0.15, 0.2) is 42.7 Å². The average Bonchev–Trinajstić information content (AvgIpc) is 2.70. The van der Waals surface area contributed by atoms with Crippen molar-refractivity contribution in [2.24, 2.45) is 0 Å². The Bertz CT molecular complexity index is 541. The van der Waals surface area contributed by atoms with Crippen LogP contribution in [0.4, 0.5) is 5.69 Å². The number of fused-ring (bicyclic) bond motifs is 1. The van der Waals surface area contributed by atoms with E-state index in [9.17, 15) is 0 Å². The van der Waals surface area contributed by atoms with Crippen molar-refractivity contribution < 1.29 is 0 Å². The van der Waals surface area contributed by atoms with Gasteiger partial charge in [0.15, 0.2) is 0 Å². The first-order chi connectivity index (χ1) is 9.38. The fraction of sp³-hybridized carbons (Fsp3) is 0.312. The van der Waals surface area contributed by atoms with E-state index < -0.39 is 0 Å². The molecule has 0 unspecified atom stereocenters. The van der Waals surface area contributed by atoms with Crippen molar-refractivity contribution in [3.8, 4) is 0 Å². The minimum atomic E-state index is 0.520. The van der Waals surface area contributed by atoms with Crippen LogP contribution in [0, 0.1) is 0 Å². The second-order valence-electron chi connectivity index (χ2n) is 4.89. The van der Waals surface area contributed by atoms with E-state index in [0.717, 1.165) is 31.5 Å². The van der Waals surface area contributed by atoms with E-state index in [0.29, 0.717) is 5.88 Å². The molecule has 0 atom stereocenters. The molecule has 0 fully saturated rings. The van der Waals surface area contributed by atoms with Gasteiger partial charge in [-0.3, -0.25) is 4.98 Å². The lowest BCUT2D eigenvalue weighted by Gasteiger charge is -2.24. The molecule has 1 aliphatic heterocycles. The molecule has 1 aliphatic rings. The van der Waals surface area contributed by atoms with Crippen LogP contribution < -0.4 is 4.90 Å². The predicted molar refractivity (Wildman–Crippen MR) is 79.9 cm³/mol. The van der Waals surface area contributed by atoms with Crippen molar-refractivity contribution >= 4 is 17.3 Å². The van der Waals surface area contributed by atoms with Crippen LogP contribution in [-0.4, -0.2) is 18.1 Å². The molecule has 2 aromatic rings. The van der Waals surface area contributed by atoms with Gasteiger partial charge in [0.2, 0.25) is 0 Å². The largest absolute Gasteiger partial charge is 0.371 e. The van der Waals surface area contributed by atoms with E-state index in [-0.39, 0.29) is 0 Å². The van der Waals surface area contributed by atoms with Crippen LogP contribution in [0.25, 0.3) is 0 Å². The number of hydrogen-bond acceptors (Lipinski definition) is 2. The van der Waals surface area contributed by atoms with Crippen LogP contribution in [0.5, 0.6) is 0 Å². The third-order valence-corrected chi connectivity index (χ3v) is 4.07. The number of rotatable bonds is 2. The Kier molecular flexibility index (Phi) is 3.69. The molecule has 1 aromatic heterocycles. The van der Waals surface area contributed by atoms with Crippen molar-refractivity contribution in [3.05, 3.63) is 59.4 Å². The van der Waals surface area contributed by atoms with Gasteiger partial charge in [0.05, 0.1) is 5.88 Å². The van der Waals surface area contributed by atoms with E-state index in [1.165, 1.54) is 16.8 Å². The van der Waals surface area contributed by atoms with Gasteiger partial charge >= 0.3 is 0 Å². The first kappa shape index (κ1) is 12.5. The van der Waals surface area contributed by atoms with Gasteiger partial charge in [-0.15, -0.1) is 11.6 Å². The van der Waals surface area contributed by atoms with E-state index >= 15 is 0 Å². The van der Waals surface area contributed by atoms with Gasteiger partial charge in [-0.25, -0.2) is 0 Å². The third kappa shape index (κ3) is 2.59. The summed E-state index contributed by atoms with van der Waals surface area (Å²) in [5, 5.41) is 0. The summed E-state index contributed by atoms with van der Waals surface area (Å²) in [6.07, 6.45) is 5.92. The van der Waals surface area contributed by atoms with Crippen molar-refractivity contribution in [1.29, 1.82) is 0 Å². The standard InChI is InChI=1S/C16H17ClN2/c17-11-15-12-18-8-5-16(15)19-9-6-13-3-1-2-4-14(13)7-10-19/h1-5,8,12H,6-7,9-11H2. The number of hydrogen-bond donors (Lipinski definition) is 0. The first-order valence-electron chi connectivity index (χ1n) is 6.69. The number of alkyl halides is 1. The molecule has 0 amide bonds. The molecule has 0 spiro atoms. The normalized spacial score (nSPS) is 14.9. The second-order valence-corrected chi connectivity index (χ2v) is 5.16. The number of aromatic nitrogens is 1. The van der Waals surface area contributed by atoms with Crippen molar-refractivity contribution in [3.63, 3.8) is 0 Å². The fourth-order valence-electron chi connectivity index (χ4n) is 2.74. The van der Waals surface area contributed by atoms with Gasteiger partial charge < -0.3 is 4.90 Å². The van der Waals surface area contributed by atoms with Gasteiger partial charge in [0.1, 0.15) is 0 Å². The van der Waals surface area contributed by atoms with Crippen LogP contribution >= 0.6 is 11.6 Å². The maximum absolute atomic E-state index is 6.01. The first-order valence-corrected chi connectivity index (χ1v) is 7.22. The summed E-state index contributed by atoms with van der Waals surface area (Å²) in [6, 6.07) is 10.8. The minimum Gasteiger partial charge on any atom is -0.371 e. The summed E-state index contributed by atoms with van der Waals surface area (Å²) < 4.78 is 0. The van der Waals surface area contributed by atoms with Gasteiger partial charge in [-0.05, 0) is 30.0 Å². The highest BCUT2D eigenvalue weighted by Gasteiger charge is 2.15. The van der Waals surface area contributed by atoms with Crippen molar-refractivity contribution in [1.82, 2.24) is 4.98 Å². The topological polar surface area (TPSA) is 16.1 Å². The molecule has 19 heavy (non-hydrogen) atoms. The molecular weight excluding hydrogens is 256 g/mol. The lowest BCUT2D eigenvalue weighted by atomic mass is 10.0. The molecule has 2 nitrogen and oxygen atoms in total. The molecule has 0 N–H and O–H groups in total. The Morgan fingerprint density at radius 2 is 1.74 bits per heavy atom. The third-order valence-electron chi connectivity index (χ3n) is 3.78. The summed E-state index contributed by atoms with van der Waals surface area (Å²) >= 11 is 6.01. The monoisotopic (exact) mass is 272 g/mol. The molecule has 3 heteroatoms. The average molecular weight is 273 g/mol. The molecule has 3 rings (SSSR count). The van der Waals surface area contributed by atoms with Gasteiger partial charge in [0, 0.05) is 36.7 Å². The number of nitrogens with zero attached hydrogens (tertiary/aromatic N) is 2. The van der Waals surface area contributed by atoms with Crippen LogP contribution in [-0.2, 0) is 18.7 Å². The van der Waals surface area contributed by atoms with Crippen LogP contribution in [0.3, 0.4) is 0 Å². The molecule has 0 saturated heterocycles. The predicted octanol–water partition coefficient (Wildman–Crippen LogP) is 3.43. The number of pyridine rings is 1. The van der Waals surface area contributed by atoms with Crippen LogP contribution in [0.1, 0.15) is 16.7 Å². The smallest absolute Gasteiger partial charge is 0.0509 e. The zero-order valence-electron chi connectivity index (χ0n) is 10.8. The molecule has 0 radical (unpaired) electrons. The lowest BCUT2D eigenvalue weighted by Crippen LogP contribution is -2.27. The van der Waals surface area contributed by atoms with E-state index in [2.05, 4.69) is 40.2 Å². The summed E-state index contributed by atoms with van der Waals surface area (Å²) in [5.41, 5.74) is 5.31. The Balaban J connectivity index is 1.85. The minimum absolute atomic E-state index is 0.520. The molecule has 0 bridgehead atoms. The Labute approximate surface area is 119 Å². The van der Waals surface area contributed by atoms with Crippen molar-refractivity contribution in [2.45, 2.75) is 18.7 Å². The quantitative estimate of drug-likeness (QED) is 0.779. The Hall–Kier alpha value is -1.54. The van der Waals surface area contributed by atoms with E-state index in [1.54, 1.807) is 0 Å². The van der Waals surface area contributed by atoms with Gasteiger partial charge in [-0.1, -0.05) is 24.3 Å². The maximum atomic E-state index is 6.01. The second kappa shape index (κ2) is 5.62. The number of anilines is 1. The summed E-state index contributed by atoms with van der Waals surface area (Å²) in [5.74, 6) is 0.520. The fourth-order valence-corrected chi connectivity index (χ4v) is 2.95. The van der Waals surface area contributed by atoms with Crippen LogP contribution in [0.2, 0.25) is 0 Å².